The van der Waals surface area contributed by atoms with Crippen LogP contribution in [0.1, 0.15) is 6.42 Å². The van der Waals surface area contributed by atoms with Gasteiger partial charge in [-0.15, -0.1) is 0 Å². The van der Waals surface area contributed by atoms with Gasteiger partial charge in [-0.2, -0.15) is 0 Å². The molecule has 0 spiro atoms. The molecule has 2 bridgehead atoms. The van der Waals surface area contributed by atoms with Crippen molar-refractivity contribution >= 4 is 27.9 Å². The highest BCUT2D eigenvalue weighted by atomic mass is 79.9. The molecule has 0 aromatic carbocycles. The van der Waals surface area contributed by atoms with Crippen LogP contribution in [0.3, 0.4) is 0 Å². The van der Waals surface area contributed by atoms with Crippen LogP contribution in [0.2, 0.25) is 0 Å². The van der Waals surface area contributed by atoms with E-state index in [-0.39, 0.29) is 29.7 Å². The second-order valence-electron chi connectivity index (χ2n) is 4.25. The van der Waals surface area contributed by atoms with Gasteiger partial charge < -0.3 is 4.74 Å². The van der Waals surface area contributed by atoms with Crippen LogP contribution in [0.15, 0.2) is 12.2 Å². The van der Waals surface area contributed by atoms with E-state index >= 15 is 0 Å². The van der Waals surface area contributed by atoms with Gasteiger partial charge in [-0.05, 0) is 18.3 Å². The largest absolute Gasteiger partial charge is 0.392 e. The van der Waals surface area contributed by atoms with Crippen LogP contribution < -0.4 is 0 Å². The number of halogens is 1. The van der Waals surface area contributed by atoms with Crippen molar-refractivity contribution in [3.05, 3.63) is 12.2 Å². The molecule has 74 valence electrons. The lowest BCUT2D eigenvalue weighted by Crippen LogP contribution is -2.39. The highest BCUT2D eigenvalue weighted by molar-refractivity contribution is 9.09. The lowest BCUT2D eigenvalue weighted by atomic mass is 9.71. The fraction of sp³-hybridized carbons (Fsp3) is 0.600. The summed E-state index contributed by atoms with van der Waals surface area (Å²) in [5.74, 6) is -0.482. The summed E-state index contributed by atoms with van der Waals surface area (Å²) in [6.07, 6.45) is 5.04. The Morgan fingerprint density at radius 2 is 2.29 bits per heavy atom. The molecule has 0 unspecified atom stereocenters. The number of rotatable bonds is 1. The number of carbonyl (C=O) groups excluding carboxylic acids is 2. The molecule has 1 saturated carbocycles. The zero-order valence-corrected chi connectivity index (χ0v) is 8.99. The van der Waals surface area contributed by atoms with Crippen molar-refractivity contribution in [1.82, 2.24) is 0 Å². The molecule has 0 amide bonds. The summed E-state index contributed by atoms with van der Waals surface area (Å²) in [7, 11) is 0. The topological polar surface area (TPSA) is 43.4 Å². The van der Waals surface area contributed by atoms with E-state index in [1.54, 1.807) is 0 Å². The van der Waals surface area contributed by atoms with Crippen molar-refractivity contribution in [2.24, 2.45) is 23.2 Å². The van der Waals surface area contributed by atoms with Crippen LogP contribution >= 0.6 is 15.9 Å². The van der Waals surface area contributed by atoms with E-state index in [4.69, 9.17) is 4.74 Å². The molecule has 0 aromatic rings. The molecule has 3 nitrogen and oxygen atoms in total. The number of cyclic esters (lactones) is 2. The molecule has 0 aromatic heterocycles. The first kappa shape index (κ1) is 8.65. The SMILES string of the molecule is O=C1OC(=O)[C@]2(CBr)[C@H]1[C@@H]1C=C[C@H]2C1. The second-order valence-corrected chi connectivity index (χ2v) is 4.81. The molecule has 2 aliphatic carbocycles. The smallest absolute Gasteiger partial charge is 0.322 e. The van der Waals surface area contributed by atoms with Crippen molar-refractivity contribution in [2.45, 2.75) is 6.42 Å². The minimum absolute atomic E-state index is 0.191. The fourth-order valence-corrected chi connectivity index (χ4v) is 4.11. The molecule has 1 saturated heterocycles. The van der Waals surface area contributed by atoms with Crippen molar-refractivity contribution in [2.75, 3.05) is 5.33 Å². The van der Waals surface area contributed by atoms with Crippen molar-refractivity contribution in [3.63, 3.8) is 0 Å². The molecular formula is C10H9BrO3. The maximum Gasteiger partial charge on any atom is 0.322 e. The van der Waals surface area contributed by atoms with E-state index in [2.05, 4.69) is 28.1 Å². The fourth-order valence-electron chi connectivity index (χ4n) is 3.12. The highest BCUT2D eigenvalue weighted by Gasteiger charge is 2.68. The van der Waals surface area contributed by atoms with E-state index < -0.39 is 5.41 Å². The molecule has 4 atom stereocenters. The number of esters is 2. The van der Waals surface area contributed by atoms with Crippen LogP contribution in [-0.4, -0.2) is 17.3 Å². The van der Waals surface area contributed by atoms with Crippen LogP contribution in [0.5, 0.6) is 0 Å². The van der Waals surface area contributed by atoms with E-state index in [0.29, 0.717) is 5.33 Å². The highest BCUT2D eigenvalue weighted by Crippen LogP contribution is 2.60. The number of fused-ring (bicyclic) bond motifs is 5. The third-order valence-corrected chi connectivity index (χ3v) is 4.74. The second kappa shape index (κ2) is 2.48. The average Bonchev–Trinajstić information content (AvgIpc) is 2.78. The van der Waals surface area contributed by atoms with E-state index in [9.17, 15) is 9.59 Å². The van der Waals surface area contributed by atoms with Crippen molar-refractivity contribution < 1.29 is 14.3 Å². The number of hydrogen-bond donors (Lipinski definition) is 0. The molecule has 3 rings (SSSR count). The minimum Gasteiger partial charge on any atom is -0.392 e. The van der Waals surface area contributed by atoms with Gasteiger partial charge in [-0.25, -0.2) is 0 Å². The normalized spacial score (nSPS) is 48.5. The number of ether oxygens (including phenoxy) is 1. The Kier molecular flexibility index (Phi) is 1.53. The van der Waals surface area contributed by atoms with Crippen LogP contribution in [0.25, 0.3) is 0 Å². The van der Waals surface area contributed by atoms with Crippen molar-refractivity contribution in [3.8, 4) is 0 Å². The Morgan fingerprint density at radius 1 is 1.50 bits per heavy atom. The Labute approximate surface area is 89.6 Å². The monoisotopic (exact) mass is 256 g/mol. The Bertz CT molecular complexity index is 362. The quantitative estimate of drug-likeness (QED) is 0.307. The number of hydrogen-bond acceptors (Lipinski definition) is 3. The van der Waals surface area contributed by atoms with Crippen LogP contribution in [0, 0.1) is 23.2 Å². The number of carbonyl (C=O) groups is 2. The lowest BCUT2D eigenvalue weighted by molar-refractivity contribution is -0.156. The molecule has 4 heteroatoms. The lowest BCUT2D eigenvalue weighted by Gasteiger charge is -2.28. The third kappa shape index (κ3) is 0.713. The zero-order valence-electron chi connectivity index (χ0n) is 7.40. The molecule has 14 heavy (non-hydrogen) atoms. The van der Waals surface area contributed by atoms with Gasteiger partial charge in [0, 0.05) is 5.33 Å². The van der Waals surface area contributed by atoms with Crippen LogP contribution in [0.4, 0.5) is 0 Å². The Balaban J connectivity index is 2.16. The maximum atomic E-state index is 11.7. The predicted molar refractivity (Wildman–Crippen MR) is 51.6 cm³/mol. The minimum atomic E-state index is -0.587. The average molecular weight is 257 g/mol. The number of allylic oxidation sites excluding steroid dienone is 2. The van der Waals surface area contributed by atoms with Crippen LogP contribution in [-0.2, 0) is 14.3 Å². The van der Waals surface area contributed by atoms with Gasteiger partial charge in [-0.3, -0.25) is 9.59 Å². The molecule has 1 aliphatic heterocycles. The van der Waals surface area contributed by atoms with Crippen molar-refractivity contribution in [1.29, 1.82) is 0 Å². The third-order valence-electron chi connectivity index (χ3n) is 3.81. The first-order valence-electron chi connectivity index (χ1n) is 4.70. The summed E-state index contributed by atoms with van der Waals surface area (Å²) in [6, 6.07) is 0. The summed E-state index contributed by atoms with van der Waals surface area (Å²) >= 11 is 3.36. The van der Waals surface area contributed by atoms with Gasteiger partial charge in [0.1, 0.15) is 0 Å². The van der Waals surface area contributed by atoms with Gasteiger partial charge >= 0.3 is 11.9 Å². The predicted octanol–water partition coefficient (Wildman–Crippen LogP) is 1.27. The molecule has 1 heterocycles. The van der Waals surface area contributed by atoms with E-state index in [1.165, 1.54) is 0 Å². The molecule has 3 aliphatic rings. The molecule has 2 fully saturated rings. The number of alkyl halides is 1. The van der Waals surface area contributed by atoms with Gasteiger partial charge in [0.15, 0.2) is 0 Å². The van der Waals surface area contributed by atoms with Gasteiger partial charge in [-0.1, -0.05) is 28.1 Å². The van der Waals surface area contributed by atoms with Gasteiger partial charge in [0.2, 0.25) is 0 Å². The first-order valence-corrected chi connectivity index (χ1v) is 5.82. The van der Waals surface area contributed by atoms with E-state index in [0.717, 1.165) is 6.42 Å². The zero-order chi connectivity index (χ0) is 9.92. The van der Waals surface area contributed by atoms with E-state index in [1.807, 2.05) is 0 Å². The Hall–Kier alpha value is -0.640. The summed E-state index contributed by atoms with van der Waals surface area (Å²) in [5, 5.41) is 0.529. The summed E-state index contributed by atoms with van der Waals surface area (Å²) in [5.41, 5.74) is -0.587. The molecule has 0 radical (unpaired) electrons. The maximum absolute atomic E-state index is 11.7. The van der Waals surface area contributed by atoms with Gasteiger partial charge in [0.05, 0.1) is 11.3 Å². The molecular weight excluding hydrogens is 248 g/mol. The first-order chi connectivity index (χ1) is 6.70. The summed E-state index contributed by atoms with van der Waals surface area (Å²) < 4.78 is 4.76. The summed E-state index contributed by atoms with van der Waals surface area (Å²) in [6.45, 7) is 0. The van der Waals surface area contributed by atoms with Gasteiger partial charge in [0.25, 0.3) is 0 Å². The summed E-state index contributed by atoms with van der Waals surface area (Å²) in [4.78, 5) is 23.2. The molecule has 0 N–H and O–H groups in total. The Morgan fingerprint density at radius 3 is 2.93 bits per heavy atom. The standard InChI is InChI=1S/C10H9BrO3/c11-4-10-6-2-1-5(3-6)7(10)8(12)14-9(10)13/h1-2,5-7H,3-4H2/t5-,6+,7+,10+/m1/s1.